The molecule has 0 aliphatic carbocycles. The van der Waals surface area contributed by atoms with Gasteiger partial charge in [0, 0.05) is 18.8 Å². The van der Waals surface area contributed by atoms with Crippen molar-refractivity contribution in [2.75, 3.05) is 26.2 Å². The summed E-state index contributed by atoms with van der Waals surface area (Å²) in [5.74, 6) is -0.355. The van der Waals surface area contributed by atoms with Crippen molar-refractivity contribution >= 4 is 5.97 Å². The zero-order valence-corrected chi connectivity index (χ0v) is 11.7. The molecule has 0 N–H and O–H groups in total. The lowest BCUT2D eigenvalue weighted by Gasteiger charge is -2.23. The number of imidazole rings is 1. The van der Waals surface area contributed by atoms with Gasteiger partial charge in [0.15, 0.2) is 5.69 Å². The first kappa shape index (κ1) is 14.7. The Morgan fingerprint density at radius 1 is 1.44 bits per heavy atom. The minimum absolute atomic E-state index is 0.292. The van der Waals surface area contributed by atoms with Crippen LogP contribution in [0.15, 0.2) is 12.5 Å². The Morgan fingerprint density at radius 3 is 2.67 bits per heavy atom. The van der Waals surface area contributed by atoms with Crippen LogP contribution in [0.3, 0.4) is 0 Å². The summed E-state index contributed by atoms with van der Waals surface area (Å²) in [6.07, 6.45) is 3.45. The zero-order valence-electron chi connectivity index (χ0n) is 11.7. The fourth-order valence-corrected chi connectivity index (χ4v) is 1.84. The molecule has 0 aromatic carbocycles. The fourth-order valence-electron chi connectivity index (χ4n) is 1.84. The van der Waals surface area contributed by atoms with E-state index in [1.807, 2.05) is 4.57 Å². The summed E-state index contributed by atoms with van der Waals surface area (Å²) >= 11 is 0. The molecular weight excluding hydrogens is 230 g/mol. The monoisotopic (exact) mass is 253 g/mol. The van der Waals surface area contributed by atoms with Gasteiger partial charge in [-0.15, -0.1) is 0 Å². The Kier molecular flexibility index (Phi) is 5.85. The average molecular weight is 253 g/mol. The summed E-state index contributed by atoms with van der Waals surface area (Å²) in [4.78, 5) is 17.9. The van der Waals surface area contributed by atoms with Crippen LogP contribution in [0.25, 0.3) is 0 Å². The van der Waals surface area contributed by atoms with E-state index in [0.29, 0.717) is 18.3 Å². The maximum absolute atomic E-state index is 11.5. The van der Waals surface area contributed by atoms with Gasteiger partial charge in [-0.25, -0.2) is 9.78 Å². The molecule has 5 nitrogen and oxygen atoms in total. The van der Waals surface area contributed by atoms with Crippen LogP contribution in [0.2, 0.25) is 0 Å². The molecule has 0 bridgehead atoms. The number of aromatic nitrogens is 2. The summed E-state index contributed by atoms with van der Waals surface area (Å²) in [6.45, 7) is 11.6. The first-order valence-corrected chi connectivity index (χ1v) is 6.55. The van der Waals surface area contributed by atoms with Gasteiger partial charge in [0.25, 0.3) is 0 Å². The van der Waals surface area contributed by atoms with E-state index < -0.39 is 0 Å². The highest BCUT2D eigenvalue weighted by atomic mass is 16.5. The highest BCUT2D eigenvalue weighted by molar-refractivity contribution is 5.86. The van der Waals surface area contributed by atoms with Crippen molar-refractivity contribution in [2.45, 2.75) is 33.7 Å². The highest BCUT2D eigenvalue weighted by Gasteiger charge is 2.14. The van der Waals surface area contributed by atoms with Crippen LogP contribution in [0.1, 0.15) is 44.2 Å². The Morgan fingerprint density at radius 2 is 2.11 bits per heavy atom. The number of rotatable bonds is 7. The van der Waals surface area contributed by atoms with E-state index in [1.54, 1.807) is 19.4 Å². The number of carbonyl (C=O) groups excluding carboxylic acids is 1. The number of hydrogen-bond acceptors (Lipinski definition) is 4. The highest BCUT2D eigenvalue weighted by Crippen LogP contribution is 2.10. The molecule has 1 aromatic rings. The van der Waals surface area contributed by atoms with E-state index in [4.69, 9.17) is 4.74 Å². The number of esters is 1. The minimum atomic E-state index is -0.355. The van der Waals surface area contributed by atoms with Gasteiger partial charge in [-0.3, -0.25) is 0 Å². The minimum Gasteiger partial charge on any atom is -0.461 e. The summed E-state index contributed by atoms with van der Waals surface area (Å²) < 4.78 is 6.88. The molecule has 0 radical (unpaired) electrons. The van der Waals surface area contributed by atoms with Gasteiger partial charge in [-0.05, 0) is 26.9 Å². The molecule has 0 saturated carbocycles. The molecule has 18 heavy (non-hydrogen) atoms. The summed E-state index contributed by atoms with van der Waals surface area (Å²) in [7, 11) is 0. The predicted octanol–water partition coefficient (Wildman–Crippen LogP) is 1.96. The Hall–Kier alpha value is -1.36. The predicted molar refractivity (Wildman–Crippen MR) is 70.7 cm³/mol. The molecule has 102 valence electrons. The Balaban J connectivity index is 2.64. The van der Waals surface area contributed by atoms with Gasteiger partial charge in [-0.1, -0.05) is 13.8 Å². The Bertz CT molecular complexity index is 372. The molecule has 1 unspecified atom stereocenters. The molecule has 0 fully saturated rings. The van der Waals surface area contributed by atoms with Crippen molar-refractivity contribution in [3.05, 3.63) is 18.2 Å². The van der Waals surface area contributed by atoms with Crippen LogP contribution in [0.5, 0.6) is 0 Å². The normalized spacial score (nSPS) is 12.7. The van der Waals surface area contributed by atoms with E-state index in [-0.39, 0.29) is 5.97 Å². The Labute approximate surface area is 109 Å². The number of nitrogens with zero attached hydrogens (tertiary/aromatic N) is 3. The third-order valence-electron chi connectivity index (χ3n) is 3.01. The molecule has 0 saturated heterocycles. The lowest BCUT2D eigenvalue weighted by molar-refractivity contribution is 0.0520. The van der Waals surface area contributed by atoms with Crippen molar-refractivity contribution in [1.82, 2.24) is 14.5 Å². The smallest absolute Gasteiger partial charge is 0.358 e. The first-order valence-electron chi connectivity index (χ1n) is 6.55. The first-order chi connectivity index (χ1) is 8.62. The van der Waals surface area contributed by atoms with Gasteiger partial charge in [0.2, 0.25) is 0 Å². The maximum Gasteiger partial charge on any atom is 0.358 e. The van der Waals surface area contributed by atoms with Crippen LogP contribution in [-0.4, -0.2) is 46.7 Å². The van der Waals surface area contributed by atoms with Crippen molar-refractivity contribution in [3.8, 4) is 0 Å². The van der Waals surface area contributed by atoms with Crippen LogP contribution in [-0.2, 0) is 4.74 Å². The lowest BCUT2D eigenvalue weighted by atomic mass is 10.3. The fraction of sp³-hybridized carbons (Fsp3) is 0.692. The second-order valence-corrected chi connectivity index (χ2v) is 4.26. The van der Waals surface area contributed by atoms with Crippen LogP contribution >= 0.6 is 0 Å². The van der Waals surface area contributed by atoms with E-state index in [9.17, 15) is 4.79 Å². The third-order valence-corrected chi connectivity index (χ3v) is 3.01. The topological polar surface area (TPSA) is 47.4 Å². The van der Waals surface area contributed by atoms with Crippen molar-refractivity contribution < 1.29 is 9.53 Å². The number of carbonyl (C=O) groups is 1. The van der Waals surface area contributed by atoms with Gasteiger partial charge >= 0.3 is 5.97 Å². The summed E-state index contributed by atoms with van der Waals surface area (Å²) in [5.41, 5.74) is 0.378. The molecule has 1 aromatic heterocycles. The van der Waals surface area contributed by atoms with Gasteiger partial charge in [-0.2, -0.15) is 0 Å². The second kappa shape index (κ2) is 7.16. The number of likely N-dealkylation sites (N-methyl/N-ethyl adjacent to an activating group) is 1. The van der Waals surface area contributed by atoms with Crippen LogP contribution < -0.4 is 0 Å². The lowest BCUT2D eigenvalue weighted by Crippen LogP contribution is -2.29. The molecule has 1 atom stereocenters. The third kappa shape index (κ3) is 3.84. The molecule has 1 heterocycles. The average Bonchev–Trinajstić information content (AvgIpc) is 2.85. The zero-order chi connectivity index (χ0) is 13.5. The SMILES string of the molecule is CCOC(=O)c1cn(C(C)CN(CC)CC)cn1. The quantitative estimate of drug-likeness (QED) is 0.697. The van der Waals surface area contributed by atoms with Crippen molar-refractivity contribution in [2.24, 2.45) is 0 Å². The van der Waals surface area contributed by atoms with E-state index >= 15 is 0 Å². The number of ether oxygens (including phenoxy) is 1. The second-order valence-electron chi connectivity index (χ2n) is 4.26. The molecule has 0 spiro atoms. The maximum atomic E-state index is 11.5. The standard InChI is InChI=1S/C13H23N3O2/c1-5-15(6-2)8-11(4)16-9-12(14-10-16)13(17)18-7-3/h9-11H,5-8H2,1-4H3. The van der Waals surface area contributed by atoms with Crippen molar-refractivity contribution in [1.29, 1.82) is 0 Å². The number of hydrogen-bond donors (Lipinski definition) is 0. The van der Waals surface area contributed by atoms with Gasteiger partial charge in [0.05, 0.1) is 12.9 Å². The molecule has 0 aliphatic heterocycles. The summed E-state index contributed by atoms with van der Waals surface area (Å²) in [6, 6.07) is 0.292. The van der Waals surface area contributed by atoms with Crippen molar-refractivity contribution in [3.63, 3.8) is 0 Å². The summed E-state index contributed by atoms with van der Waals surface area (Å²) in [5, 5.41) is 0. The van der Waals surface area contributed by atoms with Crippen LogP contribution in [0, 0.1) is 0 Å². The molecular formula is C13H23N3O2. The van der Waals surface area contributed by atoms with E-state index in [0.717, 1.165) is 19.6 Å². The molecule has 5 heteroatoms. The molecule has 1 rings (SSSR count). The molecule has 0 aliphatic rings. The largest absolute Gasteiger partial charge is 0.461 e. The molecule has 0 amide bonds. The van der Waals surface area contributed by atoms with E-state index in [2.05, 4.69) is 30.7 Å². The van der Waals surface area contributed by atoms with E-state index in [1.165, 1.54) is 0 Å². The van der Waals surface area contributed by atoms with Crippen LogP contribution in [0.4, 0.5) is 0 Å². The van der Waals surface area contributed by atoms with Gasteiger partial charge in [0.1, 0.15) is 0 Å². The van der Waals surface area contributed by atoms with Gasteiger partial charge < -0.3 is 14.2 Å².